The van der Waals surface area contributed by atoms with Crippen LogP contribution in [0.2, 0.25) is 0 Å². The number of amides is 2. The Morgan fingerprint density at radius 2 is 1.96 bits per heavy atom. The van der Waals surface area contributed by atoms with E-state index in [0.29, 0.717) is 13.0 Å². The second-order valence-corrected chi connectivity index (χ2v) is 7.89. The maximum atomic E-state index is 13.0. The van der Waals surface area contributed by atoms with Crippen LogP contribution in [0.1, 0.15) is 19.3 Å². The molecule has 0 aliphatic carbocycles. The fraction of sp³-hybridized carbons (Fsp3) is 0.550. The van der Waals surface area contributed by atoms with Crippen molar-refractivity contribution in [2.45, 2.75) is 31.3 Å². The zero-order chi connectivity index (χ0) is 19.0. The molecule has 0 N–H and O–H groups in total. The van der Waals surface area contributed by atoms with Crippen molar-refractivity contribution in [3.05, 3.63) is 30.5 Å². The van der Waals surface area contributed by atoms with Crippen LogP contribution in [-0.4, -0.2) is 82.1 Å². The quantitative estimate of drug-likeness (QED) is 0.798. The van der Waals surface area contributed by atoms with Crippen molar-refractivity contribution in [3.8, 4) is 0 Å². The molecule has 27 heavy (non-hydrogen) atoms. The molecule has 1 aromatic carbocycles. The van der Waals surface area contributed by atoms with Gasteiger partial charge in [-0.3, -0.25) is 19.2 Å². The summed E-state index contributed by atoms with van der Waals surface area (Å²) in [5.74, 6) is 0.298. The molecule has 1 spiro atoms. The van der Waals surface area contributed by atoms with Gasteiger partial charge in [-0.25, -0.2) is 0 Å². The van der Waals surface area contributed by atoms with Crippen molar-refractivity contribution in [1.29, 1.82) is 0 Å². The van der Waals surface area contributed by atoms with Crippen LogP contribution in [-0.2, 0) is 16.1 Å². The van der Waals surface area contributed by atoms with Gasteiger partial charge in [0, 0.05) is 50.6 Å². The summed E-state index contributed by atoms with van der Waals surface area (Å²) in [6, 6.07) is 7.95. The van der Waals surface area contributed by atoms with Gasteiger partial charge < -0.3 is 9.80 Å². The number of para-hydroxylation sites is 1. The number of hydrogen-bond acceptors (Lipinski definition) is 4. The average molecular weight is 369 g/mol. The normalized spacial score (nSPS) is 24.6. The maximum absolute atomic E-state index is 13.0. The Labute approximate surface area is 159 Å². The molecule has 4 rings (SSSR count). The van der Waals surface area contributed by atoms with Crippen molar-refractivity contribution >= 4 is 22.7 Å². The van der Waals surface area contributed by atoms with Crippen molar-refractivity contribution in [3.63, 3.8) is 0 Å². The molecule has 0 saturated carbocycles. The van der Waals surface area contributed by atoms with Crippen LogP contribution in [0.15, 0.2) is 30.5 Å². The van der Waals surface area contributed by atoms with Gasteiger partial charge in [0.2, 0.25) is 11.8 Å². The van der Waals surface area contributed by atoms with E-state index in [4.69, 9.17) is 0 Å². The van der Waals surface area contributed by atoms with Crippen molar-refractivity contribution < 1.29 is 9.59 Å². The second-order valence-electron chi connectivity index (χ2n) is 7.89. The van der Waals surface area contributed by atoms with Gasteiger partial charge in [-0.05, 0) is 26.0 Å². The first-order valence-corrected chi connectivity index (χ1v) is 9.62. The van der Waals surface area contributed by atoms with Gasteiger partial charge >= 0.3 is 0 Å². The molecule has 1 aromatic heterocycles. The second kappa shape index (κ2) is 6.96. The van der Waals surface area contributed by atoms with Gasteiger partial charge in [0.1, 0.15) is 6.54 Å². The lowest BCUT2D eigenvalue weighted by Gasteiger charge is -2.49. The zero-order valence-electron chi connectivity index (χ0n) is 16.1. The smallest absolute Gasteiger partial charge is 0.244 e. The van der Waals surface area contributed by atoms with E-state index in [0.717, 1.165) is 43.4 Å². The van der Waals surface area contributed by atoms with Crippen molar-refractivity contribution in [2.24, 2.45) is 0 Å². The molecular formula is C20H27N5O2. The van der Waals surface area contributed by atoms with Crippen LogP contribution in [0.5, 0.6) is 0 Å². The van der Waals surface area contributed by atoms with Gasteiger partial charge in [0.15, 0.2) is 0 Å². The number of likely N-dealkylation sites (tertiary alicyclic amines) is 1. The van der Waals surface area contributed by atoms with Crippen LogP contribution < -0.4 is 0 Å². The first-order valence-electron chi connectivity index (χ1n) is 9.62. The lowest BCUT2D eigenvalue weighted by Crippen LogP contribution is -2.62. The molecule has 144 valence electrons. The summed E-state index contributed by atoms with van der Waals surface area (Å²) in [5, 5.41) is 5.44. The molecule has 0 radical (unpaired) electrons. The highest BCUT2D eigenvalue weighted by Gasteiger charge is 2.42. The number of rotatable bonds is 2. The number of carbonyl (C=O) groups excluding carboxylic acids is 2. The van der Waals surface area contributed by atoms with Gasteiger partial charge in [-0.1, -0.05) is 18.2 Å². The van der Waals surface area contributed by atoms with Gasteiger partial charge in [-0.15, -0.1) is 0 Å². The van der Waals surface area contributed by atoms with Crippen LogP contribution in [0.4, 0.5) is 0 Å². The summed E-state index contributed by atoms with van der Waals surface area (Å²) in [6.45, 7) is 3.24. The minimum atomic E-state index is -0.111. The van der Waals surface area contributed by atoms with Gasteiger partial charge in [-0.2, -0.15) is 5.10 Å². The summed E-state index contributed by atoms with van der Waals surface area (Å²) in [5.41, 5.74) is 0.872. The third kappa shape index (κ3) is 3.32. The SMILES string of the molecule is CN1CC[C@@]2(CCC1=O)CN(C(=O)Cn1ncc3ccccc31)CCN2C. The third-order valence-electron chi connectivity index (χ3n) is 6.33. The monoisotopic (exact) mass is 369 g/mol. The highest BCUT2D eigenvalue weighted by Crippen LogP contribution is 2.32. The molecule has 2 amide bonds. The number of hydrogen-bond donors (Lipinski definition) is 0. The van der Waals surface area contributed by atoms with Crippen molar-refractivity contribution in [2.75, 3.05) is 40.3 Å². The average Bonchev–Trinajstić information content (AvgIpc) is 3.02. The first-order chi connectivity index (χ1) is 13.0. The molecule has 2 aliphatic rings. The highest BCUT2D eigenvalue weighted by atomic mass is 16.2. The van der Waals surface area contributed by atoms with Crippen LogP contribution in [0.25, 0.3) is 10.9 Å². The maximum Gasteiger partial charge on any atom is 0.244 e. The van der Waals surface area contributed by atoms with E-state index in [9.17, 15) is 9.59 Å². The van der Waals surface area contributed by atoms with Gasteiger partial charge in [0.05, 0.1) is 11.7 Å². The lowest BCUT2D eigenvalue weighted by molar-refractivity contribution is -0.137. The summed E-state index contributed by atoms with van der Waals surface area (Å²) in [6.07, 6.45) is 4.06. The molecule has 7 nitrogen and oxygen atoms in total. The molecule has 2 aliphatic heterocycles. The standard InChI is InChI=1S/C20H27N5O2/c1-22-10-9-20(8-7-18(22)26)15-24(12-11-23(20)2)19(27)14-25-17-6-4-3-5-16(17)13-21-25/h3-6,13H,7-12,14-15H2,1-2H3/t20-/m0/s1. The Balaban J connectivity index is 1.50. The molecule has 0 unspecified atom stereocenters. The van der Waals surface area contributed by atoms with E-state index in [-0.39, 0.29) is 23.9 Å². The fourth-order valence-electron chi connectivity index (χ4n) is 4.35. The Bertz CT molecular complexity index is 863. The van der Waals surface area contributed by atoms with E-state index in [1.54, 1.807) is 10.9 Å². The number of aromatic nitrogens is 2. The first kappa shape index (κ1) is 18.0. The number of benzene rings is 1. The topological polar surface area (TPSA) is 61.7 Å². The lowest BCUT2D eigenvalue weighted by atomic mass is 9.86. The number of likely N-dealkylation sites (N-methyl/N-ethyl adjacent to an activating group) is 1. The van der Waals surface area contributed by atoms with E-state index >= 15 is 0 Å². The largest absolute Gasteiger partial charge is 0.346 e. The number of nitrogens with zero attached hydrogens (tertiary/aromatic N) is 5. The Hall–Kier alpha value is -2.41. The minimum absolute atomic E-state index is 0.0975. The Kier molecular flexibility index (Phi) is 4.63. The van der Waals surface area contributed by atoms with Crippen LogP contribution >= 0.6 is 0 Å². The van der Waals surface area contributed by atoms with Crippen LogP contribution in [0.3, 0.4) is 0 Å². The predicted octanol–water partition coefficient (Wildman–Crippen LogP) is 1.19. The molecule has 7 heteroatoms. The fourth-order valence-corrected chi connectivity index (χ4v) is 4.35. The Morgan fingerprint density at radius 1 is 1.15 bits per heavy atom. The number of fused-ring (bicyclic) bond motifs is 1. The van der Waals surface area contributed by atoms with E-state index in [2.05, 4.69) is 17.0 Å². The number of carbonyl (C=O) groups is 2. The molecule has 1 atom stereocenters. The summed E-state index contributed by atoms with van der Waals surface area (Å²) in [7, 11) is 3.99. The molecule has 3 heterocycles. The Morgan fingerprint density at radius 3 is 2.81 bits per heavy atom. The third-order valence-corrected chi connectivity index (χ3v) is 6.33. The summed E-state index contributed by atoms with van der Waals surface area (Å²) in [4.78, 5) is 31.3. The minimum Gasteiger partial charge on any atom is -0.346 e. The van der Waals surface area contributed by atoms with Gasteiger partial charge in [0.25, 0.3) is 0 Å². The zero-order valence-corrected chi connectivity index (χ0v) is 16.1. The summed E-state index contributed by atoms with van der Waals surface area (Å²) < 4.78 is 1.78. The molecule has 2 fully saturated rings. The number of piperazine rings is 1. The molecule has 2 aromatic rings. The van der Waals surface area contributed by atoms with E-state index < -0.39 is 0 Å². The summed E-state index contributed by atoms with van der Waals surface area (Å²) >= 11 is 0. The van der Waals surface area contributed by atoms with E-state index in [1.807, 2.05) is 41.1 Å². The molecule has 2 saturated heterocycles. The van der Waals surface area contributed by atoms with Crippen LogP contribution in [0, 0.1) is 0 Å². The highest BCUT2D eigenvalue weighted by molar-refractivity contribution is 5.82. The van der Waals surface area contributed by atoms with Crippen molar-refractivity contribution in [1.82, 2.24) is 24.5 Å². The predicted molar refractivity (Wildman–Crippen MR) is 103 cm³/mol. The molecule has 0 bridgehead atoms. The van der Waals surface area contributed by atoms with E-state index in [1.165, 1.54) is 0 Å². The molecular weight excluding hydrogens is 342 g/mol.